The summed E-state index contributed by atoms with van der Waals surface area (Å²) in [5.41, 5.74) is -0.637. The Morgan fingerprint density at radius 2 is 2.11 bits per heavy atom. The summed E-state index contributed by atoms with van der Waals surface area (Å²) in [5, 5.41) is 0. The molecular formula is C14H15F2NO2. The van der Waals surface area contributed by atoms with E-state index in [-0.39, 0.29) is 31.4 Å². The molecule has 0 radical (unpaired) electrons. The predicted molar refractivity (Wildman–Crippen MR) is 64.7 cm³/mol. The van der Waals surface area contributed by atoms with Crippen LogP contribution in [0.4, 0.5) is 8.78 Å². The highest BCUT2D eigenvalue weighted by Gasteiger charge is 2.59. The smallest absolute Gasteiger partial charge is 0.285 e. The minimum Gasteiger partial charge on any atom is -0.344 e. The lowest BCUT2D eigenvalue weighted by atomic mass is 10.1. The second-order valence-corrected chi connectivity index (χ2v) is 5.08. The van der Waals surface area contributed by atoms with E-state index >= 15 is 0 Å². The van der Waals surface area contributed by atoms with E-state index in [0.717, 1.165) is 5.56 Å². The molecule has 2 saturated heterocycles. The molecule has 0 saturated carbocycles. The molecule has 0 aliphatic carbocycles. The van der Waals surface area contributed by atoms with Crippen molar-refractivity contribution in [2.45, 2.75) is 37.5 Å². The van der Waals surface area contributed by atoms with Gasteiger partial charge in [-0.3, -0.25) is 4.79 Å². The van der Waals surface area contributed by atoms with Crippen LogP contribution < -0.4 is 0 Å². The molecule has 1 amide bonds. The first kappa shape index (κ1) is 12.5. The average molecular weight is 267 g/mol. The summed E-state index contributed by atoms with van der Waals surface area (Å²) in [5.74, 6) is -0.226. The van der Waals surface area contributed by atoms with Gasteiger partial charge in [0, 0.05) is 19.3 Å². The monoisotopic (exact) mass is 267 g/mol. The van der Waals surface area contributed by atoms with E-state index in [4.69, 9.17) is 4.74 Å². The van der Waals surface area contributed by atoms with Crippen molar-refractivity contribution < 1.29 is 18.3 Å². The molecule has 1 aromatic carbocycles. The lowest BCUT2D eigenvalue weighted by Crippen LogP contribution is -2.47. The molecule has 2 unspecified atom stereocenters. The summed E-state index contributed by atoms with van der Waals surface area (Å²) in [6.07, 6.45) is -2.20. The third kappa shape index (κ3) is 2.02. The first-order chi connectivity index (χ1) is 9.12. The summed E-state index contributed by atoms with van der Waals surface area (Å²) >= 11 is 0. The molecule has 0 spiro atoms. The number of benzene rings is 1. The minimum absolute atomic E-state index is 0.0921. The van der Waals surface area contributed by atoms with Crippen molar-refractivity contribution in [1.82, 2.24) is 4.90 Å². The van der Waals surface area contributed by atoms with Crippen LogP contribution in [0.15, 0.2) is 30.3 Å². The molecule has 1 aromatic rings. The fraction of sp³-hybridized carbons (Fsp3) is 0.500. The Balaban J connectivity index is 1.77. The van der Waals surface area contributed by atoms with Gasteiger partial charge in [0.2, 0.25) is 11.6 Å². The van der Waals surface area contributed by atoms with Crippen molar-refractivity contribution >= 4 is 5.91 Å². The summed E-state index contributed by atoms with van der Waals surface area (Å²) < 4.78 is 32.1. The van der Waals surface area contributed by atoms with Crippen LogP contribution in [0.25, 0.3) is 0 Å². The maximum absolute atomic E-state index is 13.3. The van der Waals surface area contributed by atoms with Crippen molar-refractivity contribution in [3.8, 4) is 0 Å². The SMILES string of the molecule is O=C1CCC2(C(F)F)OC(Cc3ccccc3)CN12. The highest BCUT2D eigenvalue weighted by molar-refractivity contribution is 5.79. The van der Waals surface area contributed by atoms with Gasteiger partial charge in [-0.2, -0.15) is 0 Å². The van der Waals surface area contributed by atoms with Gasteiger partial charge in [0.15, 0.2) is 0 Å². The highest BCUT2D eigenvalue weighted by atomic mass is 19.3. The van der Waals surface area contributed by atoms with Gasteiger partial charge < -0.3 is 9.64 Å². The van der Waals surface area contributed by atoms with Crippen LogP contribution in [-0.4, -0.2) is 35.6 Å². The van der Waals surface area contributed by atoms with Gasteiger partial charge in [-0.1, -0.05) is 30.3 Å². The van der Waals surface area contributed by atoms with Crippen LogP contribution in [0.2, 0.25) is 0 Å². The van der Waals surface area contributed by atoms with Gasteiger partial charge in [-0.25, -0.2) is 8.78 Å². The van der Waals surface area contributed by atoms with Crippen molar-refractivity contribution in [3.63, 3.8) is 0 Å². The minimum atomic E-state index is -2.65. The van der Waals surface area contributed by atoms with Gasteiger partial charge in [0.1, 0.15) is 0 Å². The van der Waals surface area contributed by atoms with Gasteiger partial charge in [-0.15, -0.1) is 0 Å². The molecule has 2 aliphatic rings. The first-order valence-electron chi connectivity index (χ1n) is 6.42. The zero-order chi connectivity index (χ0) is 13.5. The predicted octanol–water partition coefficient (Wildman–Crippen LogP) is 2.21. The van der Waals surface area contributed by atoms with E-state index < -0.39 is 12.2 Å². The lowest BCUT2D eigenvalue weighted by Gasteiger charge is -2.29. The Morgan fingerprint density at radius 3 is 2.74 bits per heavy atom. The van der Waals surface area contributed by atoms with E-state index in [2.05, 4.69) is 0 Å². The van der Waals surface area contributed by atoms with Gasteiger partial charge in [0.25, 0.3) is 6.43 Å². The van der Waals surface area contributed by atoms with Crippen LogP contribution in [0, 0.1) is 0 Å². The Labute approximate surface area is 110 Å². The lowest BCUT2D eigenvalue weighted by molar-refractivity contribution is -0.179. The van der Waals surface area contributed by atoms with E-state index in [0.29, 0.717) is 6.42 Å². The van der Waals surface area contributed by atoms with Crippen LogP contribution >= 0.6 is 0 Å². The molecule has 2 aliphatic heterocycles. The van der Waals surface area contributed by atoms with Gasteiger partial charge in [-0.05, 0) is 5.56 Å². The molecule has 2 fully saturated rings. The zero-order valence-electron chi connectivity index (χ0n) is 10.4. The number of hydrogen-bond donors (Lipinski definition) is 0. The molecule has 0 bridgehead atoms. The van der Waals surface area contributed by atoms with Crippen molar-refractivity contribution in [1.29, 1.82) is 0 Å². The van der Waals surface area contributed by atoms with E-state index in [1.165, 1.54) is 4.90 Å². The standard InChI is InChI=1S/C14H15F2NO2/c15-13(16)14-7-6-12(18)17(14)9-11(19-14)8-10-4-2-1-3-5-10/h1-5,11,13H,6-9H2. The Morgan fingerprint density at radius 1 is 1.37 bits per heavy atom. The molecule has 19 heavy (non-hydrogen) atoms. The third-order valence-electron chi connectivity index (χ3n) is 3.86. The van der Waals surface area contributed by atoms with Gasteiger partial charge >= 0.3 is 0 Å². The molecular weight excluding hydrogens is 252 g/mol. The average Bonchev–Trinajstić information content (AvgIpc) is 2.90. The van der Waals surface area contributed by atoms with Crippen molar-refractivity contribution in [2.24, 2.45) is 0 Å². The van der Waals surface area contributed by atoms with E-state index in [9.17, 15) is 13.6 Å². The third-order valence-corrected chi connectivity index (χ3v) is 3.86. The van der Waals surface area contributed by atoms with Crippen molar-refractivity contribution in [2.75, 3.05) is 6.54 Å². The number of ether oxygens (including phenoxy) is 1. The highest BCUT2D eigenvalue weighted by Crippen LogP contribution is 2.42. The number of amides is 1. The number of carbonyl (C=O) groups excluding carboxylic acids is 1. The Kier molecular flexibility index (Phi) is 3.01. The van der Waals surface area contributed by atoms with Crippen LogP contribution in [0.1, 0.15) is 18.4 Å². The fourth-order valence-electron chi connectivity index (χ4n) is 2.94. The summed E-state index contributed by atoms with van der Waals surface area (Å²) in [4.78, 5) is 12.9. The van der Waals surface area contributed by atoms with E-state index in [1.807, 2.05) is 30.3 Å². The maximum atomic E-state index is 13.3. The molecule has 0 N–H and O–H groups in total. The summed E-state index contributed by atoms with van der Waals surface area (Å²) in [6, 6.07) is 9.58. The Bertz CT molecular complexity index is 480. The second kappa shape index (κ2) is 4.56. The molecule has 102 valence electrons. The Hall–Kier alpha value is -1.49. The molecule has 3 nitrogen and oxygen atoms in total. The quantitative estimate of drug-likeness (QED) is 0.840. The van der Waals surface area contributed by atoms with Crippen LogP contribution in [-0.2, 0) is 16.0 Å². The number of hydrogen-bond acceptors (Lipinski definition) is 2. The van der Waals surface area contributed by atoms with Gasteiger partial charge in [0.05, 0.1) is 12.6 Å². The van der Waals surface area contributed by atoms with Crippen LogP contribution in [0.3, 0.4) is 0 Å². The summed E-state index contributed by atoms with van der Waals surface area (Å²) in [6.45, 7) is 0.262. The first-order valence-corrected chi connectivity index (χ1v) is 6.42. The number of nitrogens with zero attached hydrogens (tertiary/aromatic N) is 1. The second-order valence-electron chi connectivity index (χ2n) is 5.08. The topological polar surface area (TPSA) is 29.5 Å². The number of carbonyl (C=O) groups is 1. The molecule has 2 atom stereocenters. The largest absolute Gasteiger partial charge is 0.344 e. The van der Waals surface area contributed by atoms with Crippen LogP contribution in [0.5, 0.6) is 0 Å². The number of rotatable bonds is 3. The molecule has 3 rings (SSSR count). The number of halogens is 2. The fourth-order valence-corrected chi connectivity index (χ4v) is 2.94. The normalized spacial score (nSPS) is 30.2. The molecule has 5 heteroatoms. The van der Waals surface area contributed by atoms with Crippen molar-refractivity contribution in [3.05, 3.63) is 35.9 Å². The maximum Gasteiger partial charge on any atom is 0.285 e. The number of alkyl halides is 2. The molecule has 0 aromatic heterocycles. The number of fused-ring (bicyclic) bond motifs is 1. The van der Waals surface area contributed by atoms with E-state index in [1.54, 1.807) is 0 Å². The summed E-state index contributed by atoms with van der Waals surface area (Å²) in [7, 11) is 0. The zero-order valence-corrected chi connectivity index (χ0v) is 10.4. The molecule has 2 heterocycles.